The van der Waals surface area contributed by atoms with Crippen molar-refractivity contribution in [2.24, 2.45) is 0 Å². The van der Waals surface area contributed by atoms with Crippen LogP contribution in [-0.4, -0.2) is 24.6 Å². The van der Waals surface area contributed by atoms with E-state index in [-0.39, 0.29) is 6.10 Å². The van der Waals surface area contributed by atoms with E-state index in [1.165, 1.54) is 11.1 Å². The molecule has 1 aromatic rings. The summed E-state index contributed by atoms with van der Waals surface area (Å²) in [5, 5.41) is 0. The van der Waals surface area contributed by atoms with Crippen LogP contribution in [0.3, 0.4) is 0 Å². The van der Waals surface area contributed by atoms with Crippen molar-refractivity contribution < 1.29 is 4.74 Å². The highest BCUT2D eigenvalue weighted by atomic mass is 16.5. The van der Waals surface area contributed by atoms with Gasteiger partial charge < -0.3 is 9.64 Å². The lowest BCUT2D eigenvalue weighted by atomic mass is 9.99. The predicted octanol–water partition coefficient (Wildman–Crippen LogP) is 2.46. The first-order valence-electron chi connectivity index (χ1n) is 5.63. The molecule has 1 aliphatic heterocycles. The lowest BCUT2D eigenvalue weighted by Crippen LogP contribution is -2.27. The molecule has 1 heterocycles. The largest absolute Gasteiger partial charge is 0.491 e. The molecule has 0 N–H and O–H groups in total. The maximum Gasteiger partial charge on any atom is 0.124 e. The minimum absolute atomic E-state index is 0.253. The van der Waals surface area contributed by atoms with Crippen LogP contribution in [0.5, 0.6) is 5.75 Å². The van der Waals surface area contributed by atoms with Crippen LogP contribution in [-0.2, 0) is 13.0 Å². The molecule has 0 fully saturated rings. The molecule has 0 unspecified atom stereocenters. The fourth-order valence-electron chi connectivity index (χ4n) is 2.05. The molecule has 0 spiro atoms. The van der Waals surface area contributed by atoms with Crippen LogP contribution in [0.15, 0.2) is 18.2 Å². The molecule has 2 rings (SSSR count). The summed E-state index contributed by atoms with van der Waals surface area (Å²) in [6.07, 6.45) is 1.39. The van der Waals surface area contributed by atoms with Gasteiger partial charge >= 0.3 is 0 Å². The SMILES string of the molecule is CC(C)Oc1cccc2c1CN(C)CC2. The Balaban J connectivity index is 2.31. The fraction of sp³-hybridized carbons (Fsp3) is 0.538. The van der Waals surface area contributed by atoms with E-state index in [4.69, 9.17) is 4.74 Å². The zero-order valence-electron chi connectivity index (χ0n) is 9.79. The van der Waals surface area contributed by atoms with Crippen molar-refractivity contribution in [2.45, 2.75) is 32.9 Å². The maximum atomic E-state index is 5.83. The highest BCUT2D eigenvalue weighted by Gasteiger charge is 2.17. The van der Waals surface area contributed by atoms with Gasteiger partial charge in [-0.2, -0.15) is 0 Å². The Hall–Kier alpha value is -1.02. The first kappa shape index (κ1) is 10.5. The molecule has 2 nitrogen and oxygen atoms in total. The predicted molar refractivity (Wildman–Crippen MR) is 62.2 cm³/mol. The smallest absolute Gasteiger partial charge is 0.124 e. The second-order valence-electron chi connectivity index (χ2n) is 4.55. The third kappa shape index (κ3) is 2.32. The molecule has 1 aliphatic rings. The normalized spacial score (nSPS) is 16.5. The molecule has 1 aromatic carbocycles. The molecular formula is C13H19NO. The number of rotatable bonds is 2. The third-order valence-electron chi connectivity index (χ3n) is 2.78. The van der Waals surface area contributed by atoms with Gasteiger partial charge in [-0.05, 0) is 38.9 Å². The minimum atomic E-state index is 0.253. The quantitative estimate of drug-likeness (QED) is 0.735. The highest BCUT2D eigenvalue weighted by molar-refractivity contribution is 5.41. The van der Waals surface area contributed by atoms with Gasteiger partial charge in [0, 0.05) is 18.7 Å². The van der Waals surface area contributed by atoms with Crippen molar-refractivity contribution in [3.05, 3.63) is 29.3 Å². The Kier molecular flexibility index (Phi) is 2.96. The van der Waals surface area contributed by atoms with E-state index in [9.17, 15) is 0 Å². The van der Waals surface area contributed by atoms with Gasteiger partial charge in [0.25, 0.3) is 0 Å². The number of likely N-dealkylation sites (N-methyl/N-ethyl adjacent to an activating group) is 1. The molecular weight excluding hydrogens is 186 g/mol. The van der Waals surface area contributed by atoms with Crippen LogP contribution >= 0.6 is 0 Å². The van der Waals surface area contributed by atoms with Gasteiger partial charge in [-0.1, -0.05) is 12.1 Å². The summed E-state index contributed by atoms with van der Waals surface area (Å²) < 4.78 is 5.83. The topological polar surface area (TPSA) is 12.5 Å². The number of nitrogens with zero attached hydrogens (tertiary/aromatic N) is 1. The van der Waals surface area contributed by atoms with Gasteiger partial charge in [0.2, 0.25) is 0 Å². The van der Waals surface area contributed by atoms with E-state index in [0.717, 1.165) is 25.3 Å². The number of hydrogen-bond acceptors (Lipinski definition) is 2. The minimum Gasteiger partial charge on any atom is -0.491 e. The number of hydrogen-bond donors (Lipinski definition) is 0. The van der Waals surface area contributed by atoms with Gasteiger partial charge in [0.05, 0.1) is 6.10 Å². The lowest BCUT2D eigenvalue weighted by Gasteiger charge is -2.27. The van der Waals surface area contributed by atoms with Crippen molar-refractivity contribution in [3.8, 4) is 5.75 Å². The summed E-state index contributed by atoms with van der Waals surface area (Å²) >= 11 is 0. The van der Waals surface area contributed by atoms with Crippen molar-refractivity contribution >= 4 is 0 Å². The summed E-state index contributed by atoms with van der Waals surface area (Å²) in [5.74, 6) is 1.06. The molecule has 0 bridgehead atoms. The number of benzene rings is 1. The summed E-state index contributed by atoms with van der Waals surface area (Å²) in [6.45, 7) is 6.31. The van der Waals surface area contributed by atoms with E-state index in [1.54, 1.807) is 0 Å². The Morgan fingerprint density at radius 3 is 2.87 bits per heavy atom. The van der Waals surface area contributed by atoms with Gasteiger partial charge in [0.1, 0.15) is 5.75 Å². The van der Waals surface area contributed by atoms with E-state index in [0.29, 0.717) is 0 Å². The summed E-state index contributed by atoms with van der Waals surface area (Å²) in [7, 11) is 2.16. The summed E-state index contributed by atoms with van der Waals surface area (Å²) in [4.78, 5) is 2.34. The van der Waals surface area contributed by atoms with Crippen molar-refractivity contribution in [1.82, 2.24) is 4.90 Å². The average molecular weight is 205 g/mol. The maximum absolute atomic E-state index is 5.83. The van der Waals surface area contributed by atoms with Crippen molar-refractivity contribution in [3.63, 3.8) is 0 Å². The summed E-state index contributed by atoms with van der Waals surface area (Å²) in [6, 6.07) is 6.40. The fourth-order valence-corrected chi connectivity index (χ4v) is 2.05. The molecule has 0 atom stereocenters. The molecule has 0 aliphatic carbocycles. The van der Waals surface area contributed by atoms with Crippen LogP contribution < -0.4 is 4.74 Å². The average Bonchev–Trinajstić information content (AvgIpc) is 2.18. The third-order valence-corrected chi connectivity index (χ3v) is 2.78. The second kappa shape index (κ2) is 4.23. The van der Waals surface area contributed by atoms with Crippen LogP contribution in [0.1, 0.15) is 25.0 Å². The zero-order valence-corrected chi connectivity index (χ0v) is 9.79. The van der Waals surface area contributed by atoms with Crippen LogP contribution in [0.4, 0.5) is 0 Å². The Labute approximate surface area is 91.9 Å². The zero-order chi connectivity index (χ0) is 10.8. The van der Waals surface area contributed by atoms with E-state index < -0.39 is 0 Å². The monoisotopic (exact) mass is 205 g/mol. The number of ether oxygens (including phenoxy) is 1. The Morgan fingerprint density at radius 1 is 1.33 bits per heavy atom. The second-order valence-corrected chi connectivity index (χ2v) is 4.55. The van der Waals surface area contributed by atoms with Gasteiger partial charge in [-0.3, -0.25) is 0 Å². The first-order chi connectivity index (χ1) is 7.16. The first-order valence-corrected chi connectivity index (χ1v) is 5.63. The molecule has 0 saturated heterocycles. The molecule has 0 aromatic heterocycles. The van der Waals surface area contributed by atoms with E-state index in [1.807, 2.05) is 0 Å². The lowest BCUT2D eigenvalue weighted by molar-refractivity contribution is 0.230. The van der Waals surface area contributed by atoms with Crippen LogP contribution in [0, 0.1) is 0 Å². The van der Waals surface area contributed by atoms with Gasteiger partial charge in [0.15, 0.2) is 0 Å². The molecule has 0 radical (unpaired) electrons. The van der Waals surface area contributed by atoms with Crippen LogP contribution in [0.2, 0.25) is 0 Å². The molecule has 2 heteroatoms. The van der Waals surface area contributed by atoms with Gasteiger partial charge in [-0.25, -0.2) is 0 Å². The highest BCUT2D eigenvalue weighted by Crippen LogP contribution is 2.28. The molecule has 15 heavy (non-hydrogen) atoms. The molecule has 0 saturated carbocycles. The van der Waals surface area contributed by atoms with Gasteiger partial charge in [-0.15, -0.1) is 0 Å². The van der Waals surface area contributed by atoms with E-state index in [2.05, 4.69) is 44.0 Å². The standard InChI is InChI=1S/C13H19NO/c1-10(2)15-13-6-4-5-11-7-8-14(3)9-12(11)13/h4-6,10H,7-9H2,1-3H3. The van der Waals surface area contributed by atoms with Crippen LogP contribution in [0.25, 0.3) is 0 Å². The molecule has 0 amide bonds. The van der Waals surface area contributed by atoms with Crippen molar-refractivity contribution in [1.29, 1.82) is 0 Å². The number of fused-ring (bicyclic) bond motifs is 1. The summed E-state index contributed by atoms with van der Waals surface area (Å²) in [5.41, 5.74) is 2.83. The Bertz CT molecular complexity index is 346. The Morgan fingerprint density at radius 2 is 2.13 bits per heavy atom. The molecule has 82 valence electrons. The van der Waals surface area contributed by atoms with Crippen molar-refractivity contribution in [2.75, 3.05) is 13.6 Å². The van der Waals surface area contributed by atoms with E-state index >= 15 is 0 Å².